The van der Waals surface area contributed by atoms with E-state index in [1.807, 2.05) is 49.4 Å². The number of aliphatic hydroxyl groups excluding tert-OH is 1. The van der Waals surface area contributed by atoms with Gasteiger partial charge < -0.3 is 19.3 Å². The number of aromatic nitrogens is 3. The number of rotatable bonds is 5. The molecule has 0 saturated heterocycles. The molecule has 1 aliphatic rings. The summed E-state index contributed by atoms with van der Waals surface area (Å²) in [6, 6.07) is 13.1. The van der Waals surface area contributed by atoms with Crippen LogP contribution in [-0.2, 0) is 0 Å². The molecule has 1 aliphatic heterocycles. The molecular formula is C19H19N3O4. The topological polar surface area (TPSA) is 78.6 Å². The fourth-order valence-electron chi connectivity index (χ4n) is 2.82. The zero-order valence-electron chi connectivity index (χ0n) is 14.5. The van der Waals surface area contributed by atoms with Crippen LogP contribution in [0.2, 0.25) is 0 Å². The summed E-state index contributed by atoms with van der Waals surface area (Å²) in [6.07, 6.45) is -0.929. The van der Waals surface area contributed by atoms with E-state index in [2.05, 4.69) is 10.1 Å². The first-order valence-corrected chi connectivity index (χ1v) is 8.32. The molecule has 0 amide bonds. The number of fused-ring (bicyclic) bond motifs is 1. The first kappa shape index (κ1) is 16.4. The van der Waals surface area contributed by atoms with Gasteiger partial charge in [-0.2, -0.15) is 5.10 Å². The molecule has 2 heterocycles. The largest absolute Gasteiger partial charge is 0.490 e. The summed E-state index contributed by atoms with van der Waals surface area (Å²) in [6.45, 7) is 4.02. The molecule has 2 aromatic carbocycles. The van der Waals surface area contributed by atoms with Crippen molar-refractivity contribution < 1.29 is 19.3 Å². The van der Waals surface area contributed by atoms with Crippen molar-refractivity contribution in [3.8, 4) is 22.9 Å². The van der Waals surface area contributed by atoms with Crippen molar-refractivity contribution >= 4 is 0 Å². The first-order chi connectivity index (χ1) is 12.6. The highest BCUT2D eigenvalue weighted by molar-refractivity contribution is 5.50. The molecule has 7 nitrogen and oxygen atoms in total. The zero-order chi connectivity index (χ0) is 18.1. The van der Waals surface area contributed by atoms with Gasteiger partial charge in [0.1, 0.15) is 24.3 Å². The standard InChI is InChI=1S/C19H19N3O4/c1-12-5-3-4-6-16(12)24-10-15(23)19-20-13(2)21-22(19)14-7-8-17-18(9-14)26-11-25-17/h3-9,15,23H,10-11H2,1-2H3. The van der Waals surface area contributed by atoms with Crippen LogP contribution in [0.15, 0.2) is 42.5 Å². The lowest BCUT2D eigenvalue weighted by Gasteiger charge is -2.14. The van der Waals surface area contributed by atoms with E-state index in [0.29, 0.717) is 23.1 Å². The van der Waals surface area contributed by atoms with Gasteiger partial charge in [-0.05, 0) is 37.6 Å². The molecule has 0 fully saturated rings. The fraction of sp³-hybridized carbons (Fsp3) is 0.263. The number of nitrogens with zero attached hydrogens (tertiary/aromatic N) is 3. The Hall–Kier alpha value is -3.06. The van der Waals surface area contributed by atoms with Gasteiger partial charge in [0.25, 0.3) is 0 Å². The van der Waals surface area contributed by atoms with Crippen molar-refractivity contribution in [3.63, 3.8) is 0 Å². The van der Waals surface area contributed by atoms with Crippen LogP contribution in [0.1, 0.15) is 23.3 Å². The van der Waals surface area contributed by atoms with E-state index in [-0.39, 0.29) is 13.4 Å². The van der Waals surface area contributed by atoms with E-state index in [1.54, 1.807) is 11.6 Å². The SMILES string of the molecule is Cc1nc(C(O)COc2ccccc2C)n(-c2ccc3c(c2)OCO3)n1. The lowest BCUT2D eigenvalue weighted by Crippen LogP contribution is -2.15. The summed E-state index contributed by atoms with van der Waals surface area (Å²) in [5.74, 6) is 3.04. The second-order valence-corrected chi connectivity index (χ2v) is 6.06. The average Bonchev–Trinajstić information content (AvgIpc) is 3.26. The van der Waals surface area contributed by atoms with Crippen LogP contribution in [0.4, 0.5) is 0 Å². The third-order valence-electron chi connectivity index (χ3n) is 4.13. The molecule has 134 valence electrons. The molecule has 7 heteroatoms. The lowest BCUT2D eigenvalue weighted by atomic mass is 10.2. The van der Waals surface area contributed by atoms with Gasteiger partial charge in [0.15, 0.2) is 17.3 Å². The number of hydrogen-bond acceptors (Lipinski definition) is 6. The normalized spacial score (nSPS) is 13.7. The van der Waals surface area contributed by atoms with E-state index in [9.17, 15) is 5.11 Å². The third-order valence-corrected chi connectivity index (χ3v) is 4.13. The van der Waals surface area contributed by atoms with E-state index >= 15 is 0 Å². The maximum Gasteiger partial charge on any atom is 0.231 e. The predicted octanol–water partition coefficient (Wildman–Crippen LogP) is 2.73. The summed E-state index contributed by atoms with van der Waals surface area (Å²) in [4.78, 5) is 4.36. The third kappa shape index (κ3) is 3.09. The zero-order valence-corrected chi connectivity index (χ0v) is 14.5. The molecule has 1 atom stereocenters. The van der Waals surface area contributed by atoms with Crippen molar-refractivity contribution in [1.29, 1.82) is 0 Å². The Bertz CT molecular complexity index is 938. The summed E-state index contributed by atoms with van der Waals surface area (Å²) in [5.41, 5.74) is 1.74. The van der Waals surface area contributed by atoms with Gasteiger partial charge in [-0.3, -0.25) is 0 Å². The Balaban J connectivity index is 1.58. The summed E-state index contributed by atoms with van der Waals surface area (Å²) in [7, 11) is 0. The van der Waals surface area contributed by atoms with E-state index in [0.717, 1.165) is 17.0 Å². The Kier molecular flexibility index (Phi) is 4.22. The van der Waals surface area contributed by atoms with Crippen LogP contribution in [-0.4, -0.2) is 33.3 Å². The minimum absolute atomic E-state index is 0.0769. The van der Waals surface area contributed by atoms with Gasteiger partial charge in [-0.25, -0.2) is 9.67 Å². The van der Waals surface area contributed by atoms with Gasteiger partial charge >= 0.3 is 0 Å². The van der Waals surface area contributed by atoms with Crippen LogP contribution in [0.3, 0.4) is 0 Å². The highest BCUT2D eigenvalue weighted by Crippen LogP contribution is 2.34. The van der Waals surface area contributed by atoms with Crippen molar-refractivity contribution in [1.82, 2.24) is 14.8 Å². The highest BCUT2D eigenvalue weighted by atomic mass is 16.7. The molecule has 26 heavy (non-hydrogen) atoms. The van der Waals surface area contributed by atoms with Crippen LogP contribution < -0.4 is 14.2 Å². The quantitative estimate of drug-likeness (QED) is 0.760. The monoisotopic (exact) mass is 353 g/mol. The fourth-order valence-corrected chi connectivity index (χ4v) is 2.82. The van der Waals surface area contributed by atoms with Crippen LogP contribution >= 0.6 is 0 Å². The molecule has 3 aromatic rings. The van der Waals surface area contributed by atoms with Gasteiger partial charge in [-0.15, -0.1) is 0 Å². The van der Waals surface area contributed by atoms with E-state index in [4.69, 9.17) is 14.2 Å². The molecule has 4 rings (SSSR count). The maximum atomic E-state index is 10.6. The van der Waals surface area contributed by atoms with E-state index in [1.165, 1.54) is 0 Å². The molecule has 1 aromatic heterocycles. The lowest BCUT2D eigenvalue weighted by molar-refractivity contribution is 0.0984. The molecule has 0 bridgehead atoms. The molecule has 0 saturated carbocycles. The first-order valence-electron chi connectivity index (χ1n) is 8.32. The van der Waals surface area contributed by atoms with Crippen molar-refractivity contribution in [3.05, 3.63) is 59.7 Å². The van der Waals surface area contributed by atoms with Crippen LogP contribution in [0.25, 0.3) is 5.69 Å². The van der Waals surface area contributed by atoms with E-state index < -0.39 is 6.10 Å². The Morgan fingerprint density at radius 3 is 2.81 bits per heavy atom. The summed E-state index contributed by atoms with van der Waals surface area (Å²) >= 11 is 0. The molecule has 1 unspecified atom stereocenters. The number of aryl methyl sites for hydroxylation is 2. The average molecular weight is 353 g/mol. The molecular weight excluding hydrogens is 334 g/mol. The molecule has 0 spiro atoms. The highest BCUT2D eigenvalue weighted by Gasteiger charge is 2.21. The second kappa shape index (κ2) is 6.68. The van der Waals surface area contributed by atoms with Crippen LogP contribution in [0, 0.1) is 13.8 Å². The van der Waals surface area contributed by atoms with Gasteiger partial charge in [0.05, 0.1) is 5.69 Å². The van der Waals surface area contributed by atoms with Crippen LogP contribution in [0.5, 0.6) is 17.2 Å². The Morgan fingerprint density at radius 1 is 1.15 bits per heavy atom. The van der Waals surface area contributed by atoms with Gasteiger partial charge in [-0.1, -0.05) is 18.2 Å². The van der Waals surface area contributed by atoms with Crippen molar-refractivity contribution in [2.45, 2.75) is 20.0 Å². The Labute approximate surface area is 150 Å². The number of benzene rings is 2. The number of aliphatic hydroxyl groups is 1. The molecule has 1 N–H and O–H groups in total. The smallest absolute Gasteiger partial charge is 0.231 e. The van der Waals surface area contributed by atoms with Gasteiger partial charge in [0, 0.05) is 6.07 Å². The second-order valence-electron chi connectivity index (χ2n) is 6.06. The van der Waals surface area contributed by atoms with Crippen molar-refractivity contribution in [2.24, 2.45) is 0 Å². The minimum Gasteiger partial charge on any atom is -0.490 e. The summed E-state index contributed by atoms with van der Waals surface area (Å²) < 4.78 is 18.1. The predicted molar refractivity (Wildman–Crippen MR) is 93.9 cm³/mol. The number of ether oxygens (including phenoxy) is 3. The van der Waals surface area contributed by atoms with Crippen molar-refractivity contribution in [2.75, 3.05) is 13.4 Å². The maximum absolute atomic E-state index is 10.6. The molecule has 0 aliphatic carbocycles. The minimum atomic E-state index is -0.929. The molecule has 0 radical (unpaired) electrons. The van der Waals surface area contributed by atoms with Gasteiger partial charge in [0.2, 0.25) is 6.79 Å². The number of hydrogen-bond donors (Lipinski definition) is 1. The number of para-hydroxylation sites is 1. The summed E-state index contributed by atoms with van der Waals surface area (Å²) in [5, 5.41) is 15.0. The Morgan fingerprint density at radius 2 is 1.96 bits per heavy atom.